The smallest absolute Gasteiger partial charge is 0.324 e. The number of aryl methyl sites for hydroxylation is 2. The average Bonchev–Trinajstić information content (AvgIpc) is 2.70. The summed E-state index contributed by atoms with van der Waals surface area (Å²) in [7, 11) is 0. The number of hydrogen-bond donors (Lipinski definition) is 1. The highest BCUT2D eigenvalue weighted by atomic mass is 16.5. The fraction of sp³-hybridized carbons (Fsp3) is 0.467. The topological polar surface area (TPSA) is 63.6 Å². The van der Waals surface area contributed by atoms with Crippen LogP contribution >= 0.6 is 0 Å². The van der Waals surface area contributed by atoms with Crippen LogP contribution in [0.4, 0.5) is 0 Å². The first-order valence-corrected chi connectivity index (χ1v) is 6.40. The molecule has 0 saturated carbocycles. The van der Waals surface area contributed by atoms with E-state index in [2.05, 4.69) is 0 Å². The van der Waals surface area contributed by atoms with Crippen molar-refractivity contribution in [3.05, 3.63) is 34.4 Å². The van der Waals surface area contributed by atoms with Gasteiger partial charge in [-0.25, -0.2) is 0 Å². The van der Waals surface area contributed by atoms with Crippen molar-refractivity contribution in [1.29, 1.82) is 0 Å². The van der Waals surface area contributed by atoms with E-state index in [1.165, 1.54) is 0 Å². The van der Waals surface area contributed by atoms with Gasteiger partial charge in [0.15, 0.2) is 5.41 Å². The lowest BCUT2D eigenvalue weighted by atomic mass is 9.85. The van der Waals surface area contributed by atoms with E-state index in [4.69, 9.17) is 4.74 Å². The first kappa shape index (κ1) is 13.6. The van der Waals surface area contributed by atoms with Crippen LogP contribution in [-0.4, -0.2) is 23.7 Å². The van der Waals surface area contributed by atoms with Gasteiger partial charge < -0.3 is 9.84 Å². The van der Waals surface area contributed by atoms with E-state index in [9.17, 15) is 14.7 Å². The molecule has 1 aromatic rings. The maximum absolute atomic E-state index is 12.0. The van der Waals surface area contributed by atoms with Crippen LogP contribution in [0.15, 0.2) is 12.1 Å². The highest BCUT2D eigenvalue weighted by molar-refractivity contribution is 6.00. The molecule has 0 heterocycles. The fourth-order valence-corrected chi connectivity index (χ4v) is 2.63. The molecule has 1 aliphatic rings. The predicted molar refractivity (Wildman–Crippen MR) is 70.0 cm³/mol. The number of rotatable bonds is 3. The lowest BCUT2D eigenvalue weighted by molar-refractivity contribution is -0.167. The Morgan fingerprint density at radius 3 is 2.05 bits per heavy atom. The summed E-state index contributed by atoms with van der Waals surface area (Å²) in [5.74, 6) is -1.73. The van der Waals surface area contributed by atoms with Gasteiger partial charge in [-0.15, -0.1) is 0 Å². The molecule has 4 nitrogen and oxygen atoms in total. The second-order valence-electron chi connectivity index (χ2n) is 5.17. The summed E-state index contributed by atoms with van der Waals surface area (Å²) in [4.78, 5) is 23.6. The second kappa shape index (κ2) is 4.68. The van der Waals surface area contributed by atoms with Crippen LogP contribution in [0, 0.1) is 19.3 Å². The highest BCUT2D eigenvalue weighted by Crippen LogP contribution is 2.39. The second-order valence-corrected chi connectivity index (χ2v) is 5.17. The van der Waals surface area contributed by atoms with Crippen molar-refractivity contribution in [3.8, 4) is 0 Å². The monoisotopic (exact) mass is 262 g/mol. The van der Waals surface area contributed by atoms with Gasteiger partial charge in [-0.3, -0.25) is 9.59 Å². The molecule has 2 rings (SSSR count). The molecule has 0 saturated heterocycles. The van der Waals surface area contributed by atoms with Gasteiger partial charge in [0.25, 0.3) is 0 Å². The maximum Gasteiger partial charge on any atom is 0.324 e. The number of fused-ring (bicyclic) bond motifs is 1. The molecule has 19 heavy (non-hydrogen) atoms. The number of carbonyl (C=O) groups excluding carboxylic acids is 1. The van der Waals surface area contributed by atoms with Gasteiger partial charge >= 0.3 is 11.9 Å². The van der Waals surface area contributed by atoms with E-state index >= 15 is 0 Å². The van der Waals surface area contributed by atoms with Gasteiger partial charge in [0.2, 0.25) is 0 Å². The quantitative estimate of drug-likeness (QED) is 0.668. The van der Waals surface area contributed by atoms with Crippen LogP contribution in [0.1, 0.15) is 29.2 Å². The molecule has 0 fully saturated rings. The third kappa shape index (κ3) is 2.11. The molecular formula is C15H18O4. The molecule has 102 valence electrons. The van der Waals surface area contributed by atoms with Crippen molar-refractivity contribution < 1.29 is 19.4 Å². The first-order valence-electron chi connectivity index (χ1n) is 6.40. The highest BCUT2D eigenvalue weighted by Gasteiger charge is 2.52. The Balaban J connectivity index is 2.42. The Kier molecular flexibility index (Phi) is 3.35. The summed E-state index contributed by atoms with van der Waals surface area (Å²) in [5, 5.41) is 9.47. The van der Waals surface area contributed by atoms with Crippen LogP contribution in [0.5, 0.6) is 0 Å². The van der Waals surface area contributed by atoms with Crippen molar-refractivity contribution in [2.75, 3.05) is 6.61 Å². The van der Waals surface area contributed by atoms with E-state index in [-0.39, 0.29) is 19.4 Å². The summed E-state index contributed by atoms with van der Waals surface area (Å²) in [6, 6.07) is 3.96. The Morgan fingerprint density at radius 2 is 1.68 bits per heavy atom. The molecule has 1 aliphatic carbocycles. The summed E-state index contributed by atoms with van der Waals surface area (Å²) in [5.41, 5.74) is 2.67. The van der Waals surface area contributed by atoms with Gasteiger partial charge in [-0.05, 0) is 55.9 Å². The molecule has 0 aliphatic heterocycles. The van der Waals surface area contributed by atoms with Crippen molar-refractivity contribution in [1.82, 2.24) is 0 Å². The minimum absolute atomic E-state index is 0.197. The minimum Gasteiger partial charge on any atom is -0.480 e. The van der Waals surface area contributed by atoms with Crippen molar-refractivity contribution in [2.24, 2.45) is 5.41 Å². The van der Waals surface area contributed by atoms with Crippen LogP contribution in [0.2, 0.25) is 0 Å². The molecular weight excluding hydrogens is 244 g/mol. The normalized spacial score (nSPS) is 15.9. The van der Waals surface area contributed by atoms with Crippen molar-refractivity contribution in [2.45, 2.75) is 33.6 Å². The summed E-state index contributed by atoms with van der Waals surface area (Å²) < 4.78 is 4.96. The molecule has 0 unspecified atom stereocenters. The number of hydrogen-bond acceptors (Lipinski definition) is 3. The Hall–Kier alpha value is -1.84. The number of ether oxygens (including phenoxy) is 1. The van der Waals surface area contributed by atoms with Crippen molar-refractivity contribution in [3.63, 3.8) is 0 Å². The maximum atomic E-state index is 12.0. The predicted octanol–water partition coefficient (Wildman–Crippen LogP) is 2.04. The number of esters is 1. The zero-order chi connectivity index (χ0) is 14.2. The SMILES string of the molecule is CCOC(=O)C1(C(=O)O)Cc2cc(C)c(C)cc2C1. The lowest BCUT2D eigenvalue weighted by Crippen LogP contribution is -2.41. The van der Waals surface area contributed by atoms with E-state index in [1.54, 1.807) is 6.92 Å². The zero-order valence-corrected chi connectivity index (χ0v) is 11.4. The third-order valence-electron chi connectivity index (χ3n) is 3.88. The van der Waals surface area contributed by atoms with Gasteiger partial charge in [0.05, 0.1) is 6.61 Å². The van der Waals surface area contributed by atoms with Gasteiger partial charge in [0.1, 0.15) is 0 Å². The molecule has 0 amide bonds. The molecule has 4 heteroatoms. The van der Waals surface area contributed by atoms with Crippen LogP contribution in [0.25, 0.3) is 0 Å². The fourth-order valence-electron chi connectivity index (χ4n) is 2.63. The van der Waals surface area contributed by atoms with Gasteiger partial charge in [-0.1, -0.05) is 12.1 Å². The van der Waals surface area contributed by atoms with Gasteiger partial charge in [0, 0.05) is 0 Å². The zero-order valence-electron chi connectivity index (χ0n) is 11.4. The lowest BCUT2D eigenvalue weighted by Gasteiger charge is -2.21. The van der Waals surface area contributed by atoms with E-state index < -0.39 is 17.4 Å². The minimum atomic E-state index is -1.45. The Morgan fingerprint density at radius 1 is 1.21 bits per heavy atom. The Bertz CT molecular complexity index is 514. The van der Waals surface area contributed by atoms with E-state index in [1.807, 2.05) is 26.0 Å². The Labute approximate surface area is 112 Å². The summed E-state index contributed by atoms with van der Waals surface area (Å²) in [6.45, 7) is 5.85. The number of carboxylic acids is 1. The van der Waals surface area contributed by atoms with Crippen LogP contribution in [-0.2, 0) is 27.2 Å². The number of carbonyl (C=O) groups is 2. The summed E-state index contributed by atoms with van der Waals surface area (Å²) in [6.07, 6.45) is 0.440. The van der Waals surface area contributed by atoms with E-state index in [0.717, 1.165) is 22.3 Å². The van der Waals surface area contributed by atoms with Crippen LogP contribution in [0.3, 0.4) is 0 Å². The molecule has 0 aromatic heterocycles. The third-order valence-corrected chi connectivity index (χ3v) is 3.88. The van der Waals surface area contributed by atoms with E-state index in [0.29, 0.717) is 0 Å². The summed E-state index contributed by atoms with van der Waals surface area (Å²) >= 11 is 0. The molecule has 1 aromatic carbocycles. The number of carboxylic acid groups (broad SMARTS) is 1. The van der Waals surface area contributed by atoms with Gasteiger partial charge in [-0.2, -0.15) is 0 Å². The van der Waals surface area contributed by atoms with Crippen LogP contribution < -0.4 is 0 Å². The molecule has 1 N–H and O–H groups in total. The molecule has 0 bridgehead atoms. The number of aliphatic carboxylic acids is 1. The molecule has 0 atom stereocenters. The standard InChI is InChI=1S/C15H18O4/c1-4-19-14(18)15(13(16)17)7-11-5-9(2)10(3)6-12(11)8-15/h5-6H,4,7-8H2,1-3H3,(H,16,17). The first-order chi connectivity index (χ1) is 8.90. The largest absolute Gasteiger partial charge is 0.480 e. The molecule has 0 radical (unpaired) electrons. The molecule has 0 spiro atoms. The van der Waals surface area contributed by atoms with Crippen molar-refractivity contribution >= 4 is 11.9 Å². The number of benzene rings is 1. The average molecular weight is 262 g/mol.